The van der Waals surface area contributed by atoms with Gasteiger partial charge in [-0.2, -0.15) is 13.2 Å². The number of aliphatic hydroxyl groups excluding tert-OH is 2. The van der Waals surface area contributed by atoms with E-state index in [-0.39, 0.29) is 19.0 Å². The molecule has 1 aromatic heterocycles. The molecule has 186 valence electrons. The van der Waals surface area contributed by atoms with Crippen molar-refractivity contribution in [1.82, 2.24) is 4.98 Å². The van der Waals surface area contributed by atoms with Crippen LogP contribution in [0.1, 0.15) is 18.2 Å². The number of rotatable bonds is 7. The van der Waals surface area contributed by atoms with E-state index >= 15 is 0 Å². The number of aromatic nitrogens is 1. The summed E-state index contributed by atoms with van der Waals surface area (Å²) >= 11 is 0. The number of alkyl halides is 3. The fraction of sp³-hybridized carbons (Fsp3) is 0.346. The van der Waals surface area contributed by atoms with Crippen molar-refractivity contribution in [2.75, 3.05) is 18.5 Å². The van der Waals surface area contributed by atoms with E-state index < -0.39 is 36.2 Å². The summed E-state index contributed by atoms with van der Waals surface area (Å²) in [6.07, 6.45) is -7.00. The van der Waals surface area contributed by atoms with Gasteiger partial charge in [-0.15, -0.1) is 0 Å². The van der Waals surface area contributed by atoms with Crippen LogP contribution in [0.15, 0.2) is 66.7 Å². The molecule has 4 rings (SSSR count). The summed E-state index contributed by atoms with van der Waals surface area (Å²) in [5.74, 6) is 0.511. The minimum atomic E-state index is -4.58. The molecule has 0 aliphatic carbocycles. The molecule has 2 heterocycles. The molecule has 1 saturated heterocycles. The molecule has 3 aromatic rings. The van der Waals surface area contributed by atoms with E-state index in [9.17, 15) is 23.4 Å². The summed E-state index contributed by atoms with van der Waals surface area (Å²) in [6.45, 7) is 2.06. The Labute approximate surface area is 201 Å². The summed E-state index contributed by atoms with van der Waals surface area (Å²) in [6, 6.07) is 18.4. The lowest BCUT2D eigenvalue weighted by atomic mass is 9.98. The quantitative estimate of drug-likeness (QED) is 0.460. The molecule has 1 fully saturated rings. The van der Waals surface area contributed by atoms with Gasteiger partial charge in [-0.3, -0.25) is 0 Å². The summed E-state index contributed by atoms with van der Waals surface area (Å²) in [4.78, 5) is 3.52. The number of pyridine rings is 1. The van der Waals surface area contributed by atoms with Crippen LogP contribution in [0.2, 0.25) is 0 Å². The van der Waals surface area contributed by atoms with E-state index in [1.54, 1.807) is 0 Å². The number of halogens is 3. The molecule has 0 saturated carbocycles. The number of benzene rings is 2. The summed E-state index contributed by atoms with van der Waals surface area (Å²) in [5, 5.41) is 23.7. The fourth-order valence-corrected chi connectivity index (χ4v) is 3.87. The molecule has 35 heavy (non-hydrogen) atoms. The maximum Gasteiger partial charge on any atom is 0.433 e. The molecule has 2 aromatic carbocycles. The molecular formula is C26H27F3N2O4. The smallest absolute Gasteiger partial charge is 0.433 e. The third-order valence-electron chi connectivity index (χ3n) is 5.97. The van der Waals surface area contributed by atoms with Gasteiger partial charge in [0.05, 0.1) is 12.6 Å². The number of hydrogen-bond donors (Lipinski definition) is 3. The van der Waals surface area contributed by atoms with Crippen LogP contribution < -0.4 is 10.1 Å². The highest BCUT2D eigenvalue weighted by molar-refractivity contribution is 5.64. The van der Waals surface area contributed by atoms with Crippen molar-refractivity contribution in [3.63, 3.8) is 0 Å². The highest BCUT2D eigenvalue weighted by atomic mass is 19.4. The molecule has 1 aliphatic heterocycles. The first kappa shape index (κ1) is 25.0. The second-order valence-corrected chi connectivity index (χ2v) is 8.40. The zero-order chi connectivity index (χ0) is 25.0. The second kappa shape index (κ2) is 10.6. The number of nitrogens with zero attached hydrogens (tertiary/aromatic N) is 1. The number of aliphatic hydroxyl groups is 2. The van der Waals surface area contributed by atoms with Gasteiger partial charge in [-0.1, -0.05) is 49.4 Å². The topological polar surface area (TPSA) is 83.8 Å². The first-order chi connectivity index (χ1) is 16.7. The molecule has 0 unspecified atom stereocenters. The van der Waals surface area contributed by atoms with Crippen LogP contribution in [-0.2, 0) is 17.3 Å². The van der Waals surface area contributed by atoms with Crippen LogP contribution in [0.4, 0.5) is 19.0 Å². The predicted octanol–water partition coefficient (Wildman–Crippen LogP) is 4.31. The normalized spacial score (nSPS) is 22.6. The van der Waals surface area contributed by atoms with Crippen LogP contribution in [0.25, 0.3) is 11.1 Å². The Hall–Kier alpha value is -3.14. The predicted molar refractivity (Wildman–Crippen MR) is 125 cm³/mol. The van der Waals surface area contributed by atoms with E-state index in [4.69, 9.17) is 9.47 Å². The van der Waals surface area contributed by atoms with Crippen molar-refractivity contribution in [3.8, 4) is 16.9 Å². The third-order valence-corrected chi connectivity index (χ3v) is 5.97. The Morgan fingerprint density at radius 1 is 0.971 bits per heavy atom. The largest absolute Gasteiger partial charge is 0.491 e. The van der Waals surface area contributed by atoms with Gasteiger partial charge in [0.1, 0.15) is 42.2 Å². The Kier molecular flexibility index (Phi) is 7.59. The average molecular weight is 489 g/mol. The maximum absolute atomic E-state index is 12.9. The molecule has 9 heteroatoms. The number of ether oxygens (including phenoxy) is 2. The lowest BCUT2D eigenvalue weighted by Gasteiger charge is -2.38. The van der Waals surface area contributed by atoms with Crippen molar-refractivity contribution in [2.45, 2.75) is 43.9 Å². The summed E-state index contributed by atoms with van der Waals surface area (Å²) in [5.41, 5.74) is 2.35. The van der Waals surface area contributed by atoms with Crippen molar-refractivity contribution in [3.05, 3.63) is 78.0 Å². The van der Waals surface area contributed by atoms with E-state index in [2.05, 4.69) is 41.5 Å². The van der Waals surface area contributed by atoms with Crippen molar-refractivity contribution in [1.29, 1.82) is 0 Å². The second-order valence-electron chi connectivity index (χ2n) is 8.40. The molecule has 3 N–H and O–H groups in total. The van der Waals surface area contributed by atoms with Gasteiger partial charge in [-0.25, -0.2) is 4.98 Å². The number of hydrogen-bond acceptors (Lipinski definition) is 6. The standard InChI is InChI=1S/C26H27F3N2O4/c1-2-16-6-8-17(9-7-16)18-10-12-19(13-11-18)34-15-21-25(33)24(32)20(14-35-21)30-23-5-3-4-22(31-23)26(27,28)29/h3-13,20-21,24-25,32-33H,2,14-15H2,1H3,(H,30,31)/t20-,21+,24+,25-/m0/s1. The van der Waals surface area contributed by atoms with Crippen LogP contribution in [0, 0.1) is 0 Å². The van der Waals surface area contributed by atoms with Crippen LogP contribution in [0.3, 0.4) is 0 Å². The Morgan fingerprint density at radius 2 is 1.63 bits per heavy atom. The molecule has 0 bridgehead atoms. The van der Waals surface area contributed by atoms with Crippen LogP contribution >= 0.6 is 0 Å². The fourth-order valence-electron chi connectivity index (χ4n) is 3.87. The van der Waals surface area contributed by atoms with E-state index in [0.717, 1.165) is 23.6 Å². The molecule has 0 amide bonds. The average Bonchev–Trinajstić information content (AvgIpc) is 2.86. The zero-order valence-corrected chi connectivity index (χ0v) is 19.1. The third kappa shape index (κ3) is 6.11. The first-order valence-corrected chi connectivity index (χ1v) is 11.4. The van der Waals surface area contributed by atoms with Crippen LogP contribution in [-0.4, -0.2) is 52.8 Å². The maximum atomic E-state index is 12.9. The molecule has 0 spiro atoms. The lowest BCUT2D eigenvalue weighted by Crippen LogP contribution is -2.57. The minimum Gasteiger partial charge on any atom is -0.491 e. The van der Waals surface area contributed by atoms with Gasteiger partial charge in [0.25, 0.3) is 0 Å². The highest BCUT2D eigenvalue weighted by Crippen LogP contribution is 2.29. The van der Waals surface area contributed by atoms with Crippen molar-refractivity contribution in [2.24, 2.45) is 0 Å². The number of anilines is 1. The number of aryl methyl sites for hydroxylation is 1. The monoisotopic (exact) mass is 488 g/mol. The van der Waals surface area contributed by atoms with E-state index in [1.165, 1.54) is 17.7 Å². The van der Waals surface area contributed by atoms with Crippen molar-refractivity contribution < 1.29 is 32.9 Å². The lowest BCUT2D eigenvalue weighted by molar-refractivity contribution is -0.150. The van der Waals surface area contributed by atoms with Crippen LogP contribution in [0.5, 0.6) is 5.75 Å². The van der Waals surface area contributed by atoms with Gasteiger partial charge >= 0.3 is 6.18 Å². The first-order valence-electron chi connectivity index (χ1n) is 11.4. The minimum absolute atomic E-state index is 0.00268. The van der Waals surface area contributed by atoms with E-state index in [0.29, 0.717) is 5.75 Å². The number of nitrogens with one attached hydrogen (secondary N) is 1. The van der Waals surface area contributed by atoms with Gasteiger partial charge < -0.3 is 25.0 Å². The molecular weight excluding hydrogens is 461 g/mol. The zero-order valence-electron chi connectivity index (χ0n) is 19.1. The Bertz CT molecular complexity index is 1110. The Morgan fingerprint density at radius 3 is 2.26 bits per heavy atom. The van der Waals surface area contributed by atoms with Gasteiger partial charge in [0.2, 0.25) is 0 Å². The summed E-state index contributed by atoms with van der Waals surface area (Å²) in [7, 11) is 0. The molecule has 0 radical (unpaired) electrons. The molecule has 4 atom stereocenters. The molecule has 1 aliphatic rings. The SMILES string of the molecule is CCc1ccc(-c2ccc(OC[C@H]3OC[C@H](Nc4cccc(C(F)(F)F)n4)[C@@H](O)[C@H]3O)cc2)cc1. The summed E-state index contributed by atoms with van der Waals surface area (Å²) < 4.78 is 50.0. The van der Waals surface area contributed by atoms with Gasteiger partial charge in [-0.05, 0) is 47.4 Å². The molecule has 6 nitrogen and oxygen atoms in total. The van der Waals surface area contributed by atoms with Gasteiger partial charge in [0.15, 0.2) is 0 Å². The van der Waals surface area contributed by atoms with Crippen molar-refractivity contribution >= 4 is 5.82 Å². The van der Waals surface area contributed by atoms with Gasteiger partial charge in [0, 0.05) is 0 Å². The van der Waals surface area contributed by atoms with E-state index in [1.807, 2.05) is 24.3 Å². The highest BCUT2D eigenvalue weighted by Gasteiger charge is 2.39. The Balaban J connectivity index is 1.31.